The summed E-state index contributed by atoms with van der Waals surface area (Å²) in [7, 11) is 0. The number of aliphatic hydroxyl groups excluding tert-OH is 1. The largest absolute Gasteiger partial charge is 0.490 e. The van der Waals surface area contributed by atoms with Gasteiger partial charge in [-0.25, -0.2) is 0 Å². The number of aromatic nitrogens is 3. The van der Waals surface area contributed by atoms with Crippen LogP contribution in [-0.4, -0.2) is 62.9 Å². The molecule has 1 amide bonds. The molecule has 2 aromatic heterocycles. The van der Waals surface area contributed by atoms with E-state index in [-0.39, 0.29) is 24.2 Å². The van der Waals surface area contributed by atoms with Gasteiger partial charge in [-0.2, -0.15) is 5.10 Å². The van der Waals surface area contributed by atoms with Crippen LogP contribution >= 0.6 is 0 Å². The maximum atomic E-state index is 13.5. The van der Waals surface area contributed by atoms with Gasteiger partial charge in [-0.15, -0.1) is 0 Å². The van der Waals surface area contributed by atoms with Gasteiger partial charge in [0.05, 0.1) is 29.1 Å². The molecule has 41 heavy (non-hydrogen) atoms. The Morgan fingerprint density at radius 1 is 1.07 bits per heavy atom. The highest BCUT2D eigenvalue weighted by molar-refractivity contribution is 6.01. The number of aliphatic hydroxyl groups is 1. The number of rotatable bonds is 9. The maximum Gasteiger partial charge on any atom is 0.251 e. The summed E-state index contributed by atoms with van der Waals surface area (Å²) in [5.74, 6) is 1.15. The molecule has 3 heterocycles. The lowest BCUT2D eigenvalue weighted by Gasteiger charge is -2.32. The van der Waals surface area contributed by atoms with E-state index in [2.05, 4.69) is 25.4 Å². The topological polar surface area (TPSA) is 103 Å². The van der Waals surface area contributed by atoms with Crippen molar-refractivity contribution in [1.82, 2.24) is 25.4 Å². The number of H-pyrrole nitrogens is 1. The van der Waals surface area contributed by atoms with Gasteiger partial charge in [0.1, 0.15) is 11.9 Å². The van der Waals surface area contributed by atoms with Crippen molar-refractivity contribution in [1.29, 1.82) is 0 Å². The van der Waals surface area contributed by atoms with Gasteiger partial charge in [-0.05, 0) is 93.1 Å². The summed E-state index contributed by atoms with van der Waals surface area (Å²) < 4.78 is 6.26. The Balaban J connectivity index is 1.15. The second-order valence-electron chi connectivity index (χ2n) is 11.6. The fraction of sp³-hybridized carbons (Fsp3) is 0.424. The smallest absolute Gasteiger partial charge is 0.251 e. The average molecular weight is 554 g/mol. The molecule has 3 N–H and O–H groups in total. The molecular weight excluding hydrogens is 514 g/mol. The number of carbonyl (C=O) groups excluding carboxylic acids is 1. The van der Waals surface area contributed by atoms with Crippen LogP contribution in [0.25, 0.3) is 22.2 Å². The zero-order valence-electron chi connectivity index (χ0n) is 23.6. The van der Waals surface area contributed by atoms with E-state index in [9.17, 15) is 9.90 Å². The molecule has 1 saturated carbocycles. The summed E-state index contributed by atoms with van der Waals surface area (Å²) in [6.07, 6.45) is 8.18. The van der Waals surface area contributed by atoms with Crippen molar-refractivity contribution >= 4 is 16.8 Å². The Labute approximate surface area is 241 Å². The van der Waals surface area contributed by atoms with E-state index < -0.39 is 0 Å². The molecule has 6 rings (SSSR count). The number of hydrogen-bond acceptors (Lipinski definition) is 6. The lowest BCUT2D eigenvalue weighted by Crippen LogP contribution is -2.41. The summed E-state index contributed by atoms with van der Waals surface area (Å²) in [5.41, 5.74) is 4.19. The molecule has 0 bridgehead atoms. The summed E-state index contributed by atoms with van der Waals surface area (Å²) in [5, 5.41) is 21.5. The van der Waals surface area contributed by atoms with Crippen molar-refractivity contribution in [3.63, 3.8) is 0 Å². The summed E-state index contributed by atoms with van der Waals surface area (Å²) in [6, 6.07) is 19.6. The molecule has 8 nitrogen and oxygen atoms in total. The van der Waals surface area contributed by atoms with Gasteiger partial charge in [-0.1, -0.05) is 18.9 Å². The average Bonchev–Trinajstić information content (AvgIpc) is 3.68. The number of pyridine rings is 1. The van der Waals surface area contributed by atoms with Crippen molar-refractivity contribution in [2.75, 3.05) is 19.6 Å². The van der Waals surface area contributed by atoms with Crippen LogP contribution in [0.5, 0.6) is 5.75 Å². The predicted molar refractivity (Wildman–Crippen MR) is 160 cm³/mol. The lowest BCUT2D eigenvalue weighted by molar-refractivity contribution is 0.0673. The van der Waals surface area contributed by atoms with Crippen molar-refractivity contribution in [2.45, 2.75) is 63.7 Å². The van der Waals surface area contributed by atoms with Gasteiger partial charge >= 0.3 is 0 Å². The van der Waals surface area contributed by atoms with Gasteiger partial charge in [0.15, 0.2) is 0 Å². The van der Waals surface area contributed by atoms with Crippen LogP contribution in [0.4, 0.5) is 0 Å². The standard InChI is InChI=1S/C33H39N5O3/c1-22(39)21-38-18-15-27(16-19-38)41-26-12-9-24(10-13-26)31-28-20-25(11-14-29(28)36-37-31)33(40)35-32(23-6-2-3-7-23)30-8-4-5-17-34-30/h4-5,8-14,17,20,22-23,27,32,39H,2-3,6-7,15-16,18-19,21H2,1H3,(H,35,40)(H,36,37)/t22-,32+/m1/s1. The molecule has 0 unspecified atom stereocenters. The summed E-state index contributed by atoms with van der Waals surface area (Å²) in [6.45, 7) is 4.42. The molecular formula is C33H39N5O3. The van der Waals surface area contributed by atoms with Crippen molar-refractivity contribution in [3.8, 4) is 17.0 Å². The van der Waals surface area contributed by atoms with Crippen molar-refractivity contribution in [2.24, 2.45) is 5.92 Å². The van der Waals surface area contributed by atoms with Crippen LogP contribution < -0.4 is 10.1 Å². The number of likely N-dealkylation sites (tertiary alicyclic amines) is 1. The number of nitrogens with zero attached hydrogens (tertiary/aromatic N) is 3. The SMILES string of the molecule is C[C@@H](O)CN1CCC(Oc2ccc(-c3n[nH]c4ccc(C(=O)N[C@H](c5ccccn5)C5CCCC5)cc34)cc2)CC1. The Hall–Kier alpha value is -3.75. The zero-order chi connectivity index (χ0) is 28.2. The number of piperidine rings is 1. The van der Waals surface area contributed by atoms with Gasteiger partial charge in [0.25, 0.3) is 5.91 Å². The predicted octanol–water partition coefficient (Wildman–Crippen LogP) is 5.51. The first-order valence-corrected chi connectivity index (χ1v) is 14.9. The minimum absolute atomic E-state index is 0.0927. The molecule has 2 atom stereocenters. The first-order chi connectivity index (χ1) is 20.0. The normalized spacial score (nSPS) is 18.4. The van der Waals surface area contributed by atoms with Gasteiger partial charge in [0.2, 0.25) is 0 Å². The highest BCUT2D eigenvalue weighted by Crippen LogP contribution is 2.35. The number of fused-ring (bicyclic) bond motifs is 1. The van der Waals surface area contributed by atoms with Crippen LogP contribution in [0.2, 0.25) is 0 Å². The minimum atomic E-state index is -0.302. The van der Waals surface area contributed by atoms with Crippen LogP contribution in [-0.2, 0) is 0 Å². The molecule has 0 spiro atoms. The first-order valence-electron chi connectivity index (χ1n) is 14.9. The lowest BCUT2D eigenvalue weighted by atomic mass is 9.94. The minimum Gasteiger partial charge on any atom is -0.490 e. The van der Waals surface area contributed by atoms with Crippen LogP contribution in [0.15, 0.2) is 66.9 Å². The third-order valence-electron chi connectivity index (χ3n) is 8.48. The maximum absolute atomic E-state index is 13.5. The van der Waals surface area contributed by atoms with E-state index in [4.69, 9.17) is 4.74 Å². The Bertz CT molecular complexity index is 1440. The second-order valence-corrected chi connectivity index (χ2v) is 11.6. The van der Waals surface area contributed by atoms with E-state index in [1.165, 1.54) is 12.8 Å². The second kappa shape index (κ2) is 12.4. The van der Waals surface area contributed by atoms with E-state index in [0.717, 1.165) is 72.4 Å². The van der Waals surface area contributed by atoms with E-state index in [1.807, 2.05) is 67.6 Å². The molecule has 2 aliphatic rings. The fourth-order valence-corrected chi connectivity index (χ4v) is 6.35. The molecule has 8 heteroatoms. The molecule has 1 saturated heterocycles. The summed E-state index contributed by atoms with van der Waals surface area (Å²) in [4.78, 5) is 20.4. The van der Waals surface area contributed by atoms with E-state index in [1.54, 1.807) is 6.20 Å². The molecule has 2 fully saturated rings. The molecule has 214 valence electrons. The molecule has 1 aliphatic carbocycles. The molecule has 4 aromatic rings. The number of nitrogens with one attached hydrogen (secondary N) is 2. The third kappa shape index (κ3) is 6.44. The van der Waals surface area contributed by atoms with E-state index in [0.29, 0.717) is 18.0 Å². The van der Waals surface area contributed by atoms with Crippen molar-refractivity contribution in [3.05, 3.63) is 78.1 Å². The monoisotopic (exact) mass is 553 g/mol. The zero-order valence-corrected chi connectivity index (χ0v) is 23.6. The highest BCUT2D eigenvalue weighted by Gasteiger charge is 2.29. The number of benzene rings is 2. The van der Waals surface area contributed by atoms with Crippen LogP contribution in [0, 0.1) is 5.92 Å². The summed E-state index contributed by atoms with van der Waals surface area (Å²) >= 11 is 0. The Morgan fingerprint density at radius 2 is 1.85 bits per heavy atom. The van der Waals surface area contributed by atoms with Crippen LogP contribution in [0.3, 0.4) is 0 Å². The van der Waals surface area contributed by atoms with Crippen molar-refractivity contribution < 1.29 is 14.6 Å². The van der Waals surface area contributed by atoms with Gasteiger partial charge in [-0.3, -0.25) is 14.9 Å². The van der Waals surface area contributed by atoms with E-state index >= 15 is 0 Å². The Kier molecular flexibility index (Phi) is 8.30. The molecule has 2 aromatic carbocycles. The number of aromatic amines is 1. The number of hydrogen-bond donors (Lipinski definition) is 3. The quantitative estimate of drug-likeness (QED) is 0.253. The number of carbonyl (C=O) groups is 1. The molecule has 1 aliphatic heterocycles. The third-order valence-corrected chi connectivity index (χ3v) is 8.48. The van der Waals surface area contributed by atoms with Gasteiger partial charge in [0, 0.05) is 42.3 Å². The first kappa shape index (κ1) is 27.4. The molecule has 0 radical (unpaired) electrons. The number of β-amino-alcohol motifs (C(OH)–C–C–N with tert-alkyl or cyclic N) is 1. The highest BCUT2D eigenvalue weighted by atomic mass is 16.5. The number of ether oxygens (including phenoxy) is 1. The van der Waals surface area contributed by atoms with Gasteiger partial charge < -0.3 is 20.1 Å². The fourth-order valence-electron chi connectivity index (χ4n) is 6.35. The number of amides is 1. The Morgan fingerprint density at radius 3 is 2.56 bits per heavy atom. The van der Waals surface area contributed by atoms with Crippen LogP contribution in [0.1, 0.15) is 67.5 Å².